The zero-order valence-electron chi connectivity index (χ0n) is 15.1. The minimum atomic E-state index is -4.37. The molecule has 1 aliphatic rings. The van der Waals surface area contributed by atoms with Crippen LogP contribution in [0.1, 0.15) is 28.9 Å². The third-order valence-electron chi connectivity index (χ3n) is 4.47. The second kappa shape index (κ2) is 9.04. The number of nitrogens with one attached hydrogen (secondary N) is 1. The van der Waals surface area contributed by atoms with Crippen molar-refractivity contribution >= 4 is 40.7 Å². The highest BCUT2D eigenvalue weighted by molar-refractivity contribution is 8.01. The molecule has 1 atom stereocenters. The molecule has 29 heavy (non-hydrogen) atoms. The quantitative estimate of drug-likeness (QED) is 0.597. The molecule has 3 rings (SSSR count). The summed E-state index contributed by atoms with van der Waals surface area (Å²) in [4.78, 5) is 28.8. The van der Waals surface area contributed by atoms with Crippen LogP contribution in [0.25, 0.3) is 0 Å². The van der Waals surface area contributed by atoms with Crippen molar-refractivity contribution in [2.45, 2.75) is 29.4 Å². The Balaban J connectivity index is 1.50. The molecule has 6 nitrogen and oxygen atoms in total. The van der Waals surface area contributed by atoms with Crippen LogP contribution in [-0.4, -0.2) is 51.8 Å². The van der Waals surface area contributed by atoms with Crippen LogP contribution in [0.5, 0.6) is 0 Å². The predicted octanol–water partition coefficient (Wildman–Crippen LogP) is 4.06. The molecule has 0 spiro atoms. The topological polar surface area (TPSA) is 82.5 Å². The molecule has 1 saturated heterocycles. The van der Waals surface area contributed by atoms with Crippen LogP contribution in [0.3, 0.4) is 0 Å². The van der Waals surface area contributed by atoms with E-state index < -0.39 is 17.7 Å². The number of thiazole rings is 1. The molecule has 1 aliphatic heterocycles. The molecule has 1 amide bonds. The fraction of sp³-hybridized carbons (Fsp3) is 0.389. The number of aromatic carboxylic acids is 1. The summed E-state index contributed by atoms with van der Waals surface area (Å²) in [5.41, 5.74) is -0.130. The lowest BCUT2D eigenvalue weighted by molar-refractivity contribution is -0.137. The van der Waals surface area contributed by atoms with E-state index in [9.17, 15) is 22.8 Å². The molecule has 2 N–H and O–H groups in total. The molecular weight excluding hydrogens is 427 g/mol. The highest BCUT2D eigenvalue weighted by atomic mass is 32.2. The van der Waals surface area contributed by atoms with Gasteiger partial charge in [-0.25, -0.2) is 9.78 Å². The fourth-order valence-corrected chi connectivity index (χ4v) is 4.79. The first-order valence-corrected chi connectivity index (χ1v) is 10.6. The number of alkyl halides is 3. The maximum Gasteiger partial charge on any atom is 0.416 e. The first-order valence-electron chi connectivity index (χ1n) is 8.76. The van der Waals surface area contributed by atoms with Crippen molar-refractivity contribution in [3.05, 3.63) is 40.9 Å². The van der Waals surface area contributed by atoms with Gasteiger partial charge in [-0.2, -0.15) is 13.2 Å². The Labute approximate surface area is 173 Å². The smallest absolute Gasteiger partial charge is 0.416 e. The Hall–Kier alpha value is -2.27. The predicted molar refractivity (Wildman–Crippen MR) is 104 cm³/mol. The molecule has 0 radical (unpaired) electrons. The molecular formula is C18H18F3N3O3S2. The number of carboxylic acids is 1. The summed E-state index contributed by atoms with van der Waals surface area (Å²) in [7, 11) is 0. The fourth-order valence-electron chi connectivity index (χ4n) is 2.98. The van der Waals surface area contributed by atoms with Crippen molar-refractivity contribution in [3.8, 4) is 0 Å². The van der Waals surface area contributed by atoms with E-state index in [1.807, 2.05) is 0 Å². The SMILES string of the molecule is O=C(O)c1csc(SCCN2C(=O)CC[C@@H]2CNc2ccc(C(F)(F)F)cc2)n1. The molecule has 2 aromatic rings. The monoisotopic (exact) mass is 445 g/mol. The lowest BCUT2D eigenvalue weighted by Crippen LogP contribution is -2.39. The summed E-state index contributed by atoms with van der Waals surface area (Å²) in [5.74, 6) is -0.456. The van der Waals surface area contributed by atoms with Crippen molar-refractivity contribution in [1.82, 2.24) is 9.88 Å². The van der Waals surface area contributed by atoms with Gasteiger partial charge in [0.2, 0.25) is 5.91 Å². The number of amides is 1. The van der Waals surface area contributed by atoms with Gasteiger partial charge in [0.1, 0.15) is 0 Å². The summed E-state index contributed by atoms with van der Waals surface area (Å²) >= 11 is 2.64. The number of nitrogens with zero attached hydrogens (tertiary/aromatic N) is 2. The van der Waals surface area contributed by atoms with E-state index in [1.165, 1.54) is 40.6 Å². The van der Waals surface area contributed by atoms with Gasteiger partial charge >= 0.3 is 12.1 Å². The zero-order valence-corrected chi connectivity index (χ0v) is 16.7. The summed E-state index contributed by atoms with van der Waals surface area (Å²) in [6.45, 7) is 0.938. The van der Waals surface area contributed by atoms with Gasteiger partial charge in [-0.15, -0.1) is 11.3 Å². The van der Waals surface area contributed by atoms with Crippen LogP contribution in [-0.2, 0) is 11.0 Å². The third kappa shape index (κ3) is 5.63. The van der Waals surface area contributed by atoms with Gasteiger partial charge in [-0.3, -0.25) is 4.79 Å². The Morgan fingerprint density at radius 2 is 2.07 bits per heavy atom. The molecule has 1 fully saturated rings. The molecule has 0 bridgehead atoms. The van der Waals surface area contributed by atoms with E-state index in [1.54, 1.807) is 4.90 Å². The second-order valence-electron chi connectivity index (χ2n) is 6.39. The number of benzene rings is 1. The maximum absolute atomic E-state index is 12.6. The van der Waals surface area contributed by atoms with E-state index in [2.05, 4.69) is 10.3 Å². The zero-order chi connectivity index (χ0) is 21.0. The third-order valence-corrected chi connectivity index (χ3v) is 6.47. The number of likely N-dealkylation sites (tertiary alicyclic amines) is 1. The molecule has 0 saturated carbocycles. The van der Waals surface area contributed by atoms with Crippen molar-refractivity contribution in [1.29, 1.82) is 0 Å². The maximum atomic E-state index is 12.6. The highest BCUT2D eigenvalue weighted by Gasteiger charge is 2.31. The average Bonchev–Trinajstić information content (AvgIpc) is 3.27. The normalized spacial score (nSPS) is 17.0. The molecule has 1 aromatic heterocycles. The van der Waals surface area contributed by atoms with Gasteiger partial charge in [0.25, 0.3) is 0 Å². The number of carbonyl (C=O) groups excluding carboxylic acids is 1. The van der Waals surface area contributed by atoms with Crippen LogP contribution < -0.4 is 5.32 Å². The minimum Gasteiger partial charge on any atom is -0.476 e. The van der Waals surface area contributed by atoms with E-state index in [-0.39, 0.29) is 17.6 Å². The van der Waals surface area contributed by atoms with E-state index in [0.717, 1.165) is 12.1 Å². The minimum absolute atomic E-state index is 0.00775. The molecule has 0 unspecified atom stereocenters. The molecule has 156 valence electrons. The van der Waals surface area contributed by atoms with Gasteiger partial charge < -0.3 is 15.3 Å². The van der Waals surface area contributed by atoms with Gasteiger partial charge in [0.15, 0.2) is 10.0 Å². The molecule has 2 heterocycles. The van der Waals surface area contributed by atoms with Gasteiger partial charge in [0.05, 0.1) is 5.56 Å². The van der Waals surface area contributed by atoms with Crippen LogP contribution in [0.4, 0.5) is 18.9 Å². The number of carbonyl (C=O) groups is 2. The van der Waals surface area contributed by atoms with Crippen molar-refractivity contribution in [2.75, 3.05) is 24.2 Å². The molecule has 11 heteroatoms. The molecule has 0 aliphatic carbocycles. The van der Waals surface area contributed by atoms with Crippen LogP contribution in [0, 0.1) is 0 Å². The van der Waals surface area contributed by atoms with Crippen molar-refractivity contribution in [3.63, 3.8) is 0 Å². The number of aromatic nitrogens is 1. The van der Waals surface area contributed by atoms with Crippen LogP contribution >= 0.6 is 23.1 Å². The summed E-state index contributed by atoms with van der Waals surface area (Å²) in [5, 5.41) is 13.5. The number of halogens is 3. The highest BCUT2D eigenvalue weighted by Crippen LogP contribution is 2.30. The second-order valence-corrected chi connectivity index (χ2v) is 8.59. The van der Waals surface area contributed by atoms with Crippen LogP contribution in [0.15, 0.2) is 34.0 Å². The lowest BCUT2D eigenvalue weighted by Gasteiger charge is -2.25. The Kier molecular flexibility index (Phi) is 6.68. The van der Waals surface area contributed by atoms with Crippen molar-refractivity contribution in [2.24, 2.45) is 0 Å². The lowest BCUT2D eigenvalue weighted by atomic mass is 10.2. The number of rotatable bonds is 8. The number of hydrogen-bond acceptors (Lipinski definition) is 6. The number of carboxylic acid groups (broad SMARTS) is 1. The van der Waals surface area contributed by atoms with Crippen molar-refractivity contribution < 1.29 is 27.9 Å². The Morgan fingerprint density at radius 3 is 2.69 bits per heavy atom. The first kappa shape index (κ1) is 21.4. The Bertz CT molecular complexity index is 871. The van der Waals surface area contributed by atoms with E-state index in [0.29, 0.717) is 41.7 Å². The van der Waals surface area contributed by atoms with Gasteiger partial charge in [0, 0.05) is 42.4 Å². The number of anilines is 1. The molecule has 1 aromatic carbocycles. The average molecular weight is 445 g/mol. The standard InChI is InChI=1S/C18H18F3N3O3S2/c19-18(20,21)11-1-3-12(4-2-11)22-9-13-5-6-15(25)24(13)7-8-28-17-23-14(10-29-17)16(26)27/h1-4,10,13,22H,5-9H2,(H,26,27)/t13-/m1/s1. The number of hydrogen-bond donors (Lipinski definition) is 2. The summed E-state index contributed by atoms with van der Waals surface area (Å²) < 4.78 is 38.5. The summed E-state index contributed by atoms with van der Waals surface area (Å²) in [6, 6.07) is 4.76. The number of thioether (sulfide) groups is 1. The van der Waals surface area contributed by atoms with E-state index in [4.69, 9.17) is 5.11 Å². The first-order chi connectivity index (χ1) is 13.7. The van der Waals surface area contributed by atoms with Gasteiger partial charge in [-0.05, 0) is 30.7 Å². The summed E-state index contributed by atoms with van der Waals surface area (Å²) in [6.07, 6.45) is -3.25. The largest absolute Gasteiger partial charge is 0.476 e. The Morgan fingerprint density at radius 1 is 1.34 bits per heavy atom. The van der Waals surface area contributed by atoms with Gasteiger partial charge in [-0.1, -0.05) is 11.8 Å². The van der Waals surface area contributed by atoms with E-state index >= 15 is 0 Å². The van der Waals surface area contributed by atoms with Crippen LogP contribution in [0.2, 0.25) is 0 Å².